The Morgan fingerprint density at radius 1 is 1.13 bits per heavy atom. The van der Waals surface area contributed by atoms with Crippen LogP contribution in [0.3, 0.4) is 0 Å². The zero-order valence-corrected chi connectivity index (χ0v) is 18.7. The van der Waals surface area contributed by atoms with Crippen LogP contribution in [0.2, 0.25) is 5.02 Å². The third kappa shape index (κ3) is 4.77. The van der Waals surface area contributed by atoms with E-state index >= 15 is 0 Å². The second-order valence-electron chi connectivity index (χ2n) is 8.51. The SMILES string of the molecule is Cc1cc(C(=O)N2CCN(CCNC(=O)C3(c4ccc(Cl)cc4)CCCC3)CC2)no1. The summed E-state index contributed by atoms with van der Waals surface area (Å²) in [6.45, 7) is 6.00. The molecular weight excluding hydrogens is 416 g/mol. The molecule has 7 nitrogen and oxygen atoms in total. The van der Waals surface area contributed by atoms with Crippen LogP contribution in [-0.2, 0) is 10.2 Å². The summed E-state index contributed by atoms with van der Waals surface area (Å²) < 4.78 is 5.01. The highest BCUT2D eigenvalue weighted by Gasteiger charge is 2.42. The van der Waals surface area contributed by atoms with Crippen LogP contribution < -0.4 is 5.32 Å². The van der Waals surface area contributed by atoms with Gasteiger partial charge < -0.3 is 14.7 Å². The van der Waals surface area contributed by atoms with Crippen LogP contribution in [0, 0.1) is 6.92 Å². The third-order valence-electron chi connectivity index (χ3n) is 6.51. The highest BCUT2D eigenvalue weighted by Crippen LogP contribution is 2.41. The van der Waals surface area contributed by atoms with Crippen LogP contribution in [0.4, 0.5) is 0 Å². The first kappa shape index (κ1) is 21.8. The van der Waals surface area contributed by atoms with Gasteiger partial charge in [0.05, 0.1) is 5.41 Å². The Morgan fingerprint density at radius 2 is 1.81 bits per heavy atom. The molecule has 2 aromatic rings. The number of aromatic nitrogens is 1. The van der Waals surface area contributed by atoms with Crippen molar-refractivity contribution in [1.82, 2.24) is 20.3 Å². The summed E-state index contributed by atoms with van der Waals surface area (Å²) in [7, 11) is 0. The molecule has 1 saturated carbocycles. The predicted molar refractivity (Wildman–Crippen MR) is 118 cm³/mol. The molecule has 0 spiro atoms. The van der Waals surface area contributed by atoms with E-state index < -0.39 is 5.41 Å². The molecule has 1 aliphatic heterocycles. The second-order valence-corrected chi connectivity index (χ2v) is 8.95. The van der Waals surface area contributed by atoms with Crippen LogP contribution >= 0.6 is 11.6 Å². The fourth-order valence-electron chi connectivity index (χ4n) is 4.69. The summed E-state index contributed by atoms with van der Waals surface area (Å²) in [6.07, 6.45) is 3.89. The fraction of sp³-hybridized carbons (Fsp3) is 0.522. The van der Waals surface area contributed by atoms with Crippen molar-refractivity contribution in [2.45, 2.75) is 38.0 Å². The Morgan fingerprint density at radius 3 is 2.42 bits per heavy atom. The number of nitrogens with zero attached hydrogens (tertiary/aromatic N) is 3. The third-order valence-corrected chi connectivity index (χ3v) is 6.76. The predicted octanol–water partition coefficient (Wildman–Crippen LogP) is 3.02. The molecule has 1 aromatic heterocycles. The average Bonchev–Trinajstić information content (AvgIpc) is 3.44. The summed E-state index contributed by atoms with van der Waals surface area (Å²) in [6, 6.07) is 9.38. The molecule has 2 fully saturated rings. The number of amides is 2. The van der Waals surface area contributed by atoms with Gasteiger partial charge in [0.1, 0.15) is 5.76 Å². The van der Waals surface area contributed by atoms with Crippen LogP contribution in [0.25, 0.3) is 0 Å². The quantitative estimate of drug-likeness (QED) is 0.740. The molecule has 166 valence electrons. The van der Waals surface area contributed by atoms with E-state index in [-0.39, 0.29) is 11.8 Å². The first-order valence-corrected chi connectivity index (χ1v) is 11.3. The van der Waals surface area contributed by atoms with E-state index in [4.69, 9.17) is 16.1 Å². The van der Waals surface area contributed by atoms with E-state index in [2.05, 4.69) is 15.4 Å². The van der Waals surface area contributed by atoms with E-state index in [1.54, 1.807) is 17.9 Å². The maximum atomic E-state index is 13.2. The van der Waals surface area contributed by atoms with Gasteiger partial charge in [-0.2, -0.15) is 0 Å². The van der Waals surface area contributed by atoms with Gasteiger partial charge in [-0.05, 0) is 37.5 Å². The van der Waals surface area contributed by atoms with Crippen molar-refractivity contribution in [1.29, 1.82) is 0 Å². The lowest BCUT2D eigenvalue weighted by Gasteiger charge is -2.34. The highest BCUT2D eigenvalue weighted by molar-refractivity contribution is 6.30. The molecule has 2 amide bonds. The number of benzene rings is 1. The molecular formula is C23H29ClN4O3. The monoisotopic (exact) mass is 444 g/mol. The minimum absolute atomic E-state index is 0.0871. The van der Waals surface area contributed by atoms with Gasteiger partial charge >= 0.3 is 0 Å². The average molecular weight is 445 g/mol. The summed E-state index contributed by atoms with van der Waals surface area (Å²) in [5, 5.41) is 7.68. The molecule has 1 aromatic carbocycles. The number of halogens is 1. The maximum absolute atomic E-state index is 13.2. The number of rotatable bonds is 6. The van der Waals surface area contributed by atoms with E-state index in [0.29, 0.717) is 36.1 Å². The summed E-state index contributed by atoms with van der Waals surface area (Å²) in [4.78, 5) is 29.7. The standard InChI is InChI=1S/C23H29ClN4O3/c1-17-16-20(26-31-17)21(29)28-14-12-27(13-15-28)11-10-25-22(30)23(8-2-3-9-23)18-4-6-19(24)7-5-18/h4-7,16H,2-3,8-15H2,1H3,(H,25,30). The van der Waals surface area contributed by atoms with Crippen molar-refractivity contribution in [3.05, 3.63) is 52.4 Å². The van der Waals surface area contributed by atoms with Crippen LogP contribution in [0.15, 0.2) is 34.9 Å². The minimum Gasteiger partial charge on any atom is -0.361 e. The molecule has 8 heteroatoms. The van der Waals surface area contributed by atoms with Crippen LogP contribution in [0.1, 0.15) is 47.5 Å². The lowest BCUT2D eigenvalue weighted by atomic mass is 9.78. The first-order valence-electron chi connectivity index (χ1n) is 11.0. The molecule has 2 aliphatic rings. The Balaban J connectivity index is 1.26. The highest BCUT2D eigenvalue weighted by atomic mass is 35.5. The number of nitrogens with one attached hydrogen (secondary N) is 1. The molecule has 4 rings (SSSR count). The number of hydrogen-bond donors (Lipinski definition) is 1. The van der Waals surface area contributed by atoms with Crippen molar-refractivity contribution in [2.75, 3.05) is 39.3 Å². The zero-order valence-electron chi connectivity index (χ0n) is 17.9. The summed E-state index contributed by atoms with van der Waals surface area (Å²) >= 11 is 6.04. The van der Waals surface area contributed by atoms with Gasteiger partial charge in [-0.25, -0.2) is 0 Å². The molecule has 0 bridgehead atoms. The Bertz CT molecular complexity index is 913. The van der Waals surface area contributed by atoms with Gasteiger partial charge in [0.25, 0.3) is 5.91 Å². The molecule has 1 aliphatic carbocycles. The van der Waals surface area contributed by atoms with Gasteiger partial charge in [0, 0.05) is 50.4 Å². The van der Waals surface area contributed by atoms with Crippen LogP contribution in [-0.4, -0.2) is 66.0 Å². The van der Waals surface area contributed by atoms with Crippen molar-refractivity contribution in [2.24, 2.45) is 0 Å². The molecule has 2 heterocycles. The van der Waals surface area contributed by atoms with Gasteiger partial charge in [-0.1, -0.05) is 41.7 Å². The lowest BCUT2D eigenvalue weighted by molar-refractivity contribution is -0.126. The fourth-order valence-corrected chi connectivity index (χ4v) is 4.82. The topological polar surface area (TPSA) is 78.7 Å². The molecule has 0 atom stereocenters. The number of aryl methyl sites for hydroxylation is 1. The molecule has 31 heavy (non-hydrogen) atoms. The minimum atomic E-state index is -0.439. The van der Waals surface area contributed by atoms with Crippen molar-refractivity contribution in [3.63, 3.8) is 0 Å². The first-order chi connectivity index (χ1) is 15.0. The smallest absolute Gasteiger partial charge is 0.276 e. The Labute approximate surface area is 187 Å². The molecule has 0 unspecified atom stereocenters. The van der Waals surface area contributed by atoms with E-state index in [1.165, 1.54) is 0 Å². The second kappa shape index (κ2) is 9.40. The normalized spacial score (nSPS) is 18.8. The van der Waals surface area contributed by atoms with Gasteiger partial charge in [0.2, 0.25) is 5.91 Å². The number of carbonyl (C=O) groups excluding carboxylic acids is 2. The zero-order chi connectivity index (χ0) is 21.8. The van der Waals surface area contributed by atoms with E-state index in [1.807, 2.05) is 24.3 Å². The largest absolute Gasteiger partial charge is 0.361 e. The van der Waals surface area contributed by atoms with Crippen molar-refractivity contribution < 1.29 is 14.1 Å². The Hall–Kier alpha value is -2.38. The maximum Gasteiger partial charge on any atom is 0.276 e. The van der Waals surface area contributed by atoms with Crippen LogP contribution in [0.5, 0.6) is 0 Å². The van der Waals surface area contributed by atoms with E-state index in [0.717, 1.165) is 50.9 Å². The van der Waals surface area contributed by atoms with Gasteiger partial charge in [-0.3, -0.25) is 14.5 Å². The summed E-state index contributed by atoms with van der Waals surface area (Å²) in [5.74, 6) is 0.662. The number of piperazine rings is 1. The van der Waals surface area contributed by atoms with Crippen molar-refractivity contribution >= 4 is 23.4 Å². The Kier molecular flexibility index (Phi) is 6.62. The van der Waals surface area contributed by atoms with Gasteiger partial charge in [-0.15, -0.1) is 0 Å². The van der Waals surface area contributed by atoms with Gasteiger partial charge in [0.15, 0.2) is 5.69 Å². The molecule has 1 saturated heterocycles. The number of hydrogen-bond acceptors (Lipinski definition) is 5. The summed E-state index contributed by atoms with van der Waals surface area (Å²) in [5.41, 5.74) is 0.982. The van der Waals surface area contributed by atoms with E-state index in [9.17, 15) is 9.59 Å². The lowest BCUT2D eigenvalue weighted by Crippen LogP contribution is -2.51. The number of carbonyl (C=O) groups is 2. The van der Waals surface area contributed by atoms with Crippen molar-refractivity contribution in [3.8, 4) is 0 Å². The molecule has 1 N–H and O–H groups in total. The molecule has 0 radical (unpaired) electrons.